The van der Waals surface area contributed by atoms with Gasteiger partial charge in [-0.25, -0.2) is 4.79 Å². The maximum Gasteiger partial charge on any atom is 0.330 e. The Morgan fingerprint density at radius 1 is 0.897 bits per heavy atom. The van der Waals surface area contributed by atoms with Crippen LogP contribution in [0.5, 0.6) is 5.75 Å². The first kappa shape index (κ1) is 30.0. The van der Waals surface area contributed by atoms with E-state index in [0.29, 0.717) is 23.5 Å². The van der Waals surface area contributed by atoms with Gasteiger partial charge in [-0.2, -0.15) is 0 Å². The topological polar surface area (TPSA) is 114 Å². The molecule has 0 bridgehead atoms. The van der Waals surface area contributed by atoms with E-state index in [-0.39, 0.29) is 24.6 Å². The van der Waals surface area contributed by atoms with Crippen molar-refractivity contribution in [1.82, 2.24) is 0 Å². The third-order valence-electron chi connectivity index (χ3n) is 6.85. The van der Waals surface area contributed by atoms with Crippen molar-refractivity contribution in [2.75, 3.05) is 24.7 Å². The summed E-state index contributed by atoms with van der Waals surface area (Å²) in [6.07, 6.45) is 14.9. The Labute approximate surface area is 232 Å². The van der Waals surface area contributed by atoms with Gasteiger partial charge in [0.2, 0.25) is 0 Å². The minimum absolute atomic E-state index is 0.0955. The largest absolute Gasteiger partial charge is 0.462 e. The first-order chi connectivity index (χ1) is 18.9. The number of carbonyl (C=O) groups is 2. The molecule has 39 heavy (non-hydrogen) atoms. The fourth-order valence-electron chi connectivity index (χ4n) is 4.68. The van der Waals surface area contributed by atoms with E-state index in [9.17, 15) is 9.59 Å². The lowest BCUT2D eigenvalue weighted by molar-refractivity contribution is -0.141. The van der Waals surface area contributed by atoms with Crippen LogP contribution in [0.2, 0.25) is 0 Å². The van der Waals surface area contributed by atoms with Crippen molar-refractivity contribution in [3.8, 4) is 5.75 Å². The highest BCUT2D eigenvalue weighted by molar-refractivity contribution is 5.87. The molecule has 0 unspecified atom stereocenters. The molecule has 3 rings (SSSR count). The zero-order chi connectivity index (χ0) is 27.9. The van der Waals surface area contributed by atoms with E-state index >= 15 is 0 Å². The molecule has 2 aromatic carbocycles. The van der Waals surface area contributed by atoms with Crippen LogP contribution in [-0.2, 0) is 25.5 Å². The molecule has 0 aromatic heterocycles. The second-order valence-corrected chi connectivity index (χ2v) is 10.1. The van der Waals surface area contributed by atoms with Crippen LogP contribution >= 0.6 is 0 Å². The predicted molar refractivity (Wildman–Crippen MR) is 156 cm³/mol. The van der Waals surface area contributed by atoms with E-state index in [0.717, 1.165) is 56.3 Å². The van der Waals surface area contributed by atoms with Crippen LogP contribution in [0.15, 0.2) is 61.2 Å². The second kappa shape index (κ2) is 16.4. The minimum Gasteiger partial charge on any atom is -0.462 e. The molecular formula is C32H42N2O5. The zero-order valence-corrected chi connectivity index (χ0v) is 22.8. The van der Waals surface area contributed by atoms with Gasteiger partial charge in [-0.15, -0.1) is 6.58 Å². The summed E-state index contributed by atoms with van der Waals surface area (Å²) in [5.41, 5.74) is 14.4. The lowest BCUT2D eigenvalue weighted by Crippen LogP contribution is -2.29. The smallest absolute Gasteiger partial charge is 0.330 e. The van der Waals surface area contributed by atoms with E-state index in [2.05, 4.69) is 6.58 Å². The number of carbonyl (C=O) groups excluding carboxylic acids is 2. The Morgan fingerprint density at radius 3 is 2.28 bits per heavy atom. The van der Waals surface area contributed by atoms with Crippen molar-refractivity contribution in [2.45, 2.75) is 70.3 Å². The van der Waals surface area contributed by atoms with E-state index in [1.54, 1.807) is 36.4 Å². The van der Waals surface area contributed by atoms with Crippen molar-refractivity contribution >= 4 is 29.4 Å². The van der Waals surface area contributed by atoms with E-state index in [1.807, 2.05) is 18.2 Å². The highest BCUT2D eigenvalue weighted by Crippen LogP contribution is 2.28. The molecule has 1 fully saturated rings. The monoisotopic (exact) mass is 534 g/mol. The number of rotatable bonds is 15. The first-order valence-corrected chi connectivity index (χ1v) is 14.0. The molecule has 0 radical (unpaired) electrons. The van der Waals surface area contributed by atoms with Gasteiger partial charge < -0.3 is 25.7 Å². The average Bonchev–Trinajstić information content (AvgIpc) is 2.92. The average molecular weight is 535 g/mol. The Morgan fingerprint density at radius 2 is 1.59 bits per heavy atom. The number of anilines is 2. The summed E-state index contributed by atoms with van der Waals surface area (Å²) in [7, 11) is 0. The summed E-state index contributed by atoms with van der Waals surface area (Å²) in [5.74, 6) is -0.229. The Balaban J connectivity index is 1.31. The van der Waals surface area contributed by atoms with Crippen molar-refractivity contribution < 1.29 is 23.8 Å². The Kier molecular flexibility index (Phi) is 12.6. The van der Waals surface area contributed by atoms with Gasteiger partial charge in [0, 0.05) is 30.5 Å². The van der Waals surface area contributed by atoms with Gasteiger partial charge in [-0.3, -0.25) is 4.79 Å². The summed E-state index contributed by atoms with van der Waals surface area (Å²) in [5, 5.41) is 0. The van der Waals surface area contributed by atoms with E-state index < -0.39 is 5.97 Å². The highest BCUT2D eigenvalue weighted by atomic mass is 16.5. The fraction of sp³-hybridized carbons (Fsp3) is 0.438. The normalized spacial score (nSPS) is 17.1. The minimum atomic E-state index is -0.439. The van der Waals surface area contributed by atoms with Crippen LogP contribution in [0.25, 0.3) is 6.08 Å². The molecule has 1 aliphatic carbocycles. The maximum atomic E-state index is 12.6. The standard InChI is InChI=1S/C32H42N2O5/c1-2-3-4-5-6-7-19-37-29-15-11-26(12-16-29)32(36)39-30-13-8-24(9-14-30)10-17-31(35)38-20-18-25-21-27(33)23-28(34)22-25/h2,8-10,13-14,17,21-23,26,29H,1,3-7,11-12,15-16,18-20,33-34H2. The molecule has 0 aliphatic heterocycles. The third kappa shape index (κ3) is 11.4. The third-order valence-corrected chi connectivity index (χ3v) is 6.85. The number of ether oxygens (including phenoxy) is 3. The number of esters is 2. The molecule has 0 atom stereocenters. The molecule has 1 aliphatic rings. The number of benzene rings is 2. The maximum absolute atomic E-state index is 12.6. The lowest BCUT2D eigenvalue weighted by Gasteiger charge is -2.27. The van der Waals surface area contributed by atoms with Crippen molar-refractivity contribution in [3.63, 3.8) is 0 Å². The van der Waals surface area contributed by atoms with Gasteiger partial charge in [-0.05, 0) is 92.5 Å². The summed E-state index contributed by atoms with van der Waals surface area (Å²) in [4.78, 5) is 24.7. The number of nitrogens with two attached hydrogens (primary N) is 2. The number of allylic oxidation sites excluding steroid dienone is 1. The van der Waals surface area contributed by atoms with Gasteiger partial charge in [0.1, 0.15) is 5.75 Å². The number of hydrogen-bond donors (Lipinski definition) is 2. The lowest BCUT2D eigenvalue weighted by atomic mass is 9.87. The predicted octanol–water partition coefficient (Wildman–Crippen LogP) is 6.27. The van der Waals surface area contributed by atoms with Crippen molar-refractivity contribution in [1.29, 1.82) is 0 Å². The molecule has 0 saturated heterocycles. The molecule has 7 nitrogen and oxygen atoms in total. The SMILES string of the molecule is C=CCCCCCCOC1CCC(C(=O)Oc2ccc(C=CC(=O)OCCc3cc(N)cc(N)c3)cc2)CC1. The fourth-order valence-corrected chi connectivity index (χ4v) is 4.68. The van der Waals surface area contributed by atoms with Crippen LogP contribution in [0.4, 0.5) is 11.4 Å². The highest BCUT2D eigenvalue weighted by Gasteiger charge is 2.28. The molecule has 4 N–H and O–H groups in total. The van der Waals surface area contributed by atoms with Crippen molar-refractivity contribution in [2.24, 2.45) is 5.92 Å². The van der Waals surface area contributed by atoms with Crippen LogP contribution in [-0.4, -0.2) is 31.3 Å². The molecule has 0 spiro atoms. The number of nitrogen functional groups attached to an aromatic ring is 2. The Bertz CT molecular complexity index is 1070. The summed E-state index contributed by atoms with van der Waals surface area (Å²) in [6.45, 7) is 4.78. The Hall–Kier alpha value is -3.58. The van der Waals surface area contributed by atoms with Crippen molar-refractivity contribution in [3.05, 3.63) is 72.3 Å². The first-order valence-electron chi connectivity index (χ1n) is 14.0. The quantitative estimate of drug-likeness (QED) is 0.0691. The number of unbranched alkanes of at least 4 members (excludes halogenated alkanes) is 4. The molecule has 7 heteroatoms. The van der Waals surface area contributed by atoms with Crippen LogP contribution in [0, 0.1) is 5.92 Å². The van der Waals surface area contributed by atoms with Crippen LogP contribution in [0.3, 0.4) is 0 Å². The number of hydrogen-bond acceptors (Lipinski definition) is 7. The van der Waals surface area contributed by atoms with E-state index in [1.165, 1.54) is 25.3 Å². The molecule has 210 valence electrons. The van der Waals surface area contributed by atoms with Gasteiger partial charge in [0.15, 0.2) is 0 Å². The summed E-state index contributed by atoms with van der Waals surface area (Å²) < 4.78 is 16.9. The van der Waals surface area contributed by atoms with Gasteiger partial charge >= 0.3 is 11.9 Å². The summed E-state index contributed by atoms with van der Waals surface area (Å²) >= 11 is 0. The van der Waals surface area contributed by atoms with Gasteiger partial charge in [0.05, 0.1) is 18.6 Å². The molecule has 2 aromatic rings. The van der Waals surface area contributed by atoms with Crippen LogP contribution in [0.1, 0.15) is 68.9 Å². The van der Waals surface area contributed by atoms with Gasteiger partial charge in [-0.1, -0.05) is 31.1 Å². The van der Waals surface area contributed by atoms with E-state index in [4.69, 9.17) is 25.7 Å². The molecule has 0 heterocycles. The second-order valence-electron chi connectivity index (χ2n) is 10.1. The molecule has 0 amide bonds. The summed E-state index contributed by atoms with van der Waals surface area (Å²) in [6, 6.07) is 12.4. The molecular weight excluding hydrogens is 492 g/mol. The zero-order valence-electron chi connectivity index (χ0n) is 22.8. The van der Waals surface area contributed by atoms with Gasteiger partial charge in [0.25, 0.3) is 0 Å². The molecule has 1 saturated carbocycles. The van der Waals surface area contributed by atoms with Crippen LogP contribution < -0.4 is 16.2 Å².